The van der Waals surface area contributed by atoms with Crippen LogP contribution in [0.4, 0.5) is 0 Å². The van der Waals surface area contributed by atoms with Gasteiger partial charge in [0.2, 0.25) is 53.2 Å². The number of aromatic amines is 1. The minimum absolute atomic E-state index is 0.0211. The van der Waals surface area contributed by atoms with Gasteiger partial charge >= 0.3 is 5.97 Å². The number of carboxylic acid groups (broad SMARTS) is 1. The number of aliphatic carboxylic acids is 1. The van der Waals surface area contributed by atoms with Crippen LogP contribution < -0.4 is 65.9 Å². The fraction of sp³-hybridized carbons (Fsp3) is 0.484. The van der Waals surface area contributed by atoms with Crippen molar-refractivity contribution in [2.75, 3.05) is 26.2 Å². The molecule has 0 radical (unpaired) electrons. The molecular weight excluding hydrogens is 1230 g/mol. The molecular formula is C64H90N18O13. The van der Waals surface area contributed by atoms with Crippen molar-refractivity contribution >= 4 is 71.1 Å². The molecule has 9 amide bonds. The second kappa shape index (κ2) is 36.2. The van der Waals surface area contributed by atoms with E-state index in [2.05, 4.69) is 57.2 Å². The molecule has 0 aliphatic carbocycles. The van der Waals surface area contributed by atoms with Crippen molar-refractivity contribution in [2.45, 2.75) is 165 Å². The van der Waals surface area contributed by atoms with Gasteiger partial charge in [0.05, 0.1) is 12.4 Å². The third kappa shape index (κ3) is 22.7. The number of guanidine groups is 2. The van der Waals surface area contributed by atoms with Gasteiger partial charge in [-0.25, -0.2) is 9.78 Å². The van der Waals surface area contributed by atoms with E-state index in [1.165, 1.54) is 53.5 Å². The summed E-state index contributed by atoms with van der Waals surface area (Å²) in [6.45, 7) is 5.22. The molecule has 3 aromatic carbocycles. The van der Waals surface area contributed by atoms with Gasteiger partial charge in [0.25, 0.3) is 0 Å². The van der Waals surface area contributed by atoms with Crippen molar-refractivity contribution in [1.29, 1.82) is 0 Å². The lowest BCUT2D eigenvalue weighted by Gasteiger charge is -2.32. The van der Waals surface area contributed by atoms with Gasteiger partial charge in [0.15, 0.2) is 11.9 Å². The Balaban J connectivity index is 1.23. The summed E-state index contributed by atoms with van der Waals surface area (Å²) in [5.74, 6) is -8.83. The molecule has 4 aromatic rings. The third-order valence-electron chi connectivity index (χ3n) is 16.6. The normalized spacial score (nSPS) is 17.1. The maximum absolute atomic E-state index is 15.1. The maximum atomic E-state index is 15.1. The van der Waals surface area contributed by atoms with Crippen molar-refractivity contribution < 1.29 is 63.3 Å². The number of imidazole rings is 1. The molecule has 11 unspecified atom stereocenters. The molecule has 0 bridgehead atoms. The number of nitrogens with one attached hydrogen (secondary N) is 8. The van der Waals surface area contributed by atoms with E-state index in [4.69, 9.17) is 28.7 Å². The van der Waals surface area contributed by atoms with Crippen molar-refractivity contribution in [3.05, 3.63) is 114 Å². The van der Waals surface area contributed by atoms with Crippen LogP contribution in [0.15, 0.2) is 101 Å². The number of carboxylic acids is 1. The zero-order valence-electron chi connectivity index (χ0n) is 53.6. The number of nitrogens with two attached hydrogens (primary N) is 5. The lowest BCUT2D eigenvalue weighted by molar-refractivity contribution is -0.145. The number of nitrogens with zero attached hydrogens (tertiary/aromatic N) is 5. The van der Waals surface area contributed by atoms with Crippen LogP contribution in [0.5, 0.6) is 11.5 Å². The Morgan fingerprint density at radius 2 is 0.989 bits per heavy atom. The molecule has 3 heterocycles. The Kier molecular flexibility index (Phi) is 28.1. The summed E-state index contributed by atoms with van der Waals surface area (Å²) < 4.78 is 0. The molecule has 2 aliphatic rings. The highest BCUT2D eigenvalue weighted by atomic mass is 16.4. The van der Waals surface area contributed by atoms with Crippen LogP contribution >= 0.6 is 0 Å². The number of likely N-dealkylation sites (tertiary alicyclic amines) is 2. The van der Waals surface area contributed by atoms with E-state index in [0.717, 1.165) is 0 Å². The Hall–Kier alpha value is -10.3. The van der Waals surface area contributed by atoms with Gasteiger partial charge < -0.3 is 96.0 Å². The summed E-state index contributed by atoms with van der Waals surface area (Å²) in [5.41, 5.74) is 30.4. The van der Waals surface area contributed by atoms with Gasteiger partial charge in [-0.1, -0.05) is 74.9 Å². The molecule has 1 aromatic heterocycles. The summed E-state index contributed by atoms with van der Waals surface area (Å²) in [6.07, 6.45) is 3.89. The molecule has 0 saturated carbocycles. The van der Waals surface area contributed by atoms with Crippen molar-refractivity contribution in [3.8, 4) is 11.5 Å². The molecule has 2 fully saturated rings. The van der Waals surface area contributed by atoms with E-state index >= 15 is 9.59 Å². The van der Waals surface area contributed by atoms with Gasteiger partial charge in [-0.2, -0.15) is 0 Å². The number of hydrogen-bond acceptors (Lipinski definition) is 16. The first-order valence-electron chi connectivity index (χ1n) is 31.7. The van der Waals surface area contributed by atoms with Gasteiger partial charge in [0, 0.05) is 63.8 Å². The van der Waals surface area contributed by atoms with Gasteiger partial charge in [0.1, 0.15) is 65.9 Å². The highest BCUT2D eigenvalue weighted by Crippen LogP contribution is 2.25. The standard InChI is InChI=1S/C64H90N18O13/c1-4-36(2)52(65)59(91)74-37(3)53(85)75-44(14-8-26-71-63(66)67)54(86)76-45(15-9-27-72-64(68)69)55(87)78-48(33-41-34-70-35-73-41)61(93)82-29-11-17-51(82)58(90)79-47(31-40-20-24-43(84)25-21-40)60(92)81-28-10-16-50(81)57(89)77-46(30-39-18-22-42(83)23-19-39)56(88)80-49(62(94)95)32-38-12-6-5-7-13-38/h5-7,12-13,18-25,34-37,44-52,83-84H,4,8-11,14-17,26-33,65H2,1-3H3,(H,70,73)(H,74,91)(H,75,85)(H,76,86)(H,77,89)(H,78,87)(H,79,90)(H,80,88)(H,94,95)(H4,66,67,71)(H4,68,69,72). The zero-order chi connectivity index (χ0) is 69.3. The predicted octanol–water partition coefficient (Wildman–Crippen LogP) is -1.95. The number of H-pyrrole nitrogens is 1. The smallest absolute Gasteiger partial charge is 0.326 e. The number of aromatic hydroxyl groups is 2. The molecule has 0 spiro atoms. The summed E-state index contributed by atoms with van der Waals surface area (Å²) in [7, 11) is 0. The van der Waals surface area contributed by atoms with Crippen molar-refractivity contribution in [1.82, 2.24) is 57.0 Å². The average molecular weight is 1320 g/mol. The molecule has 95 heavy (non-hydrogen) atoms. The molecule has 514 valence electrons. The quantitative estimate of drug-likeness (QED) is 0.0135. The topological polar surface area (TPSA) is 506 Å². The molecule has 21 N–H and O–H groups in total. The van der Waals surface area contributed by atoms with Gasteiger partial charge in [-0.3, -0.25) is 53.1 Å². The minimum atomic E-state index is -1.42. The first-order valence-corrected chi connectivity index (χ1v) is 31.7. The van der Waals surface area contributed by atoms with E-state index < -0.39 is 120 Å². The number of rotatable bonds is 35. The number of carbonyl (C=O) groups is 10. The Morgan fingerprint density at radius 1 is 0.558 bits per heavy atom. The summed E-state index contributed by atoms with van der Waals surface area (Å²) in [5, 5.41) is 49.3. The van der Waals surface area contributed by atoms with Crippen LogP contribution in [-0.2, 0) is 73.6 Å². The Morgan fingerprint density at radius 3 is 1.46 bits per heavy atom. The van der Waals surface area contributed by atoms with Crippen LogP contribution in [0.1, 0.15) is 101 Å². The second-order valence-electron chi connectivity index (χ2n) is 23.8. The largest absolute Gasteiger partial charge is 0.508 e. The Bertz CT molecular complexity index is 3310. The van der Waals surface area contributed by atoms with Gasteiger partial charge in [-0.05, 0) is 105 Å². The molecule has 2 saturated heterocycles. The second-order valence-corrected chi connectivity index (χ2v) is 23.8. The fourth-order valence-corrected chi connectivity index (χ4v) is 11.1. The highest BCUT2D eigenvalue weighted by Gasteiger charge is 2.43. The number of amides is 9. The number of carbonyl (C=O) groups excluding carboxylic acids is 9. The number of hydrogen-bond donors (Lipinski definition) is 16. The monoisotopic (exact) mass is 1320 g/mol. The van der Waals surface area contributed by atoms with E-state index in [9.17, 15) is 53.7 Å². The zero-order valence-corrected chi connectivity index (χ0v) is 53.6. The number of aromatic nitrogens is 2. The maximum Gasteiger partial charge on any atom is 0.326 e. The summed E-state index contributed by atoms with van der Waals surface area (Å²) in [4.78, 5) is 160. The van der Waals surface area contributed by atoms with E-state index in [1.54, 1.807) is 61.5 Å². The lowest BCUT2D eigenvalue weighted by atomic mass is 9.99. The van der Waals surface area contributed by atoms with Crippen LogP contribution in [0.3, 0.4) is 0 Å². The van der Waals surface area contributed by atoms with Crippen LogP contribution in [0.25, 0.3) is 0 Å². The lowest BCUT2D eigenvalue weighted by Crippen LogP contribution is -2.60. The summed E-state index contributed by atoms with van der Waals surface area (Å²) in [6, 6.07) is 7.62. The van der Waals surface area contributed by atoms with Crippen LogP contribution in [0.2, 0.25) is 0 Å². The van der Waals surface area contributed by atoms with Gasteiger partial charge in [-0.15, -0.1) is 0 Å². The number of benzene rings is 3. The average Bonchev–Trinajstić information content (AvgIpc) is 1.74. The highest BCUT2D eigenvalue weighted by molar-refractivity contribution is 5.99. The predicted molar refractivity (Wildman–Crippen MR) is 350 cm³/mol. The number of phenols is 2. The molecule has 11 atom stereocenters. The molecule has 31 nitrogen and oxygen atoms in total. The molecule has 31 heteroatoms. The minimum Gasteiger partial charge on any atom is -0.508 e. The first-order chi connectivity index (χ1) is 45.3. The Labute approximate surface area is 550 Å². The molecule has 6 rings (SSSR count). The number of aliphatic imine (C=N–C) groups is 2. The van der Waals surface area contributed by atoms with E-state index in [0.29, 0.717) is 41.6 Å². The summed E-state index contributed by atoms with van der Waals surface area (Å²) >= 11 is 0. The van der Waals surface area contributed by atoms with Crippen LogP contribution in [-0.4, -0.2) is 193 Å². The molecule has 2 aliphatic heterocycles. The fourth-order valence-electron chi connectivity index (χ4n) is 11.1. The van der Waals surface area contributed by atoms with E-state index in [1.807, 2.05) is 6.92 Å². The number of phenolic OH excluding ortho intramolecular Hbond substituents is 2. The first kappa shape index (κ1) is 73.7. The van der Waals surface area contributed by atoms with Crippen molar-refractivity contribution in [2.24, 2.45) is 44.6 Å². The SMILES string of the molecule is CCC(C)C(N)C(=O)NC(C)C(=O)NC(CCCN=C(N)N)C(=O)NC(CCCN=C(N)N)C(=O)NC(Cc1cnc[nH]1)C(=O)N1CCCC1C(=O)NC(Cc1ccc(O)cc1)C(=O)N1CCCC1C(=O)NC(Cc1ccc(O)cc1)C(=O)NC(Cc1ccccc1)C(=O)O. The third-order valence-corrected chi connectivity index (χ3v) is 16.6. The van der Waals surface area contributed by atoms with Crippen LogP contribution in [0, 0.1) is 5.92 Å². The van der Waals surface area contributed by atoms with Crippen molar-refractivity contribution in [3.63, 3.8) is 0 Å². The van der Waals surface area contributed by atoms with E-state index in [-0.39, 0.29) is 120 Å².